The number of methoxy groups -OCH3 is 1. The summed E-state index contributed by atoms with van der Waals surface area (Å²) in [4.78, 5) is 16.7. The lowest BCUT2D eigenvalue weighted by molar-refractivity contribution is -0.362. The fourth-order valence-electron chi connectivity index (χ4n) is 3.56. The predicted molar refractivity (Wildman–Crippen MR) is 120 cm³/mol. The Morgan fingerprint density at radius 3 is 2.81 bits per heavy atom. The van der Waals surface area contributed by atoms with Crippen molar-refractivity contribution in [3.05, 3.63) is 65.9 Å². The Hall–Kier alpha value is -3.20. The summed E-state index contributed by atoms with van der Waals surface area (Å²) in [6.07, 6.45) is -0.978. The highest BCUT2D eigenvalue weighted by Crippen LogP contribution is 2.32. The highest BCUT2D eigenvalue weighted by molar-refractivity contribution is 5.84. The third kappa shape index (κ3) is 4.38. The van der Waals surface area contributed by atoms with E-state index < -0.39 is 12.1 Å². The van der Waals surface area contributed by atoms with Crippen LogP contribution in [0.1, 0.15) is 24.6 Å². The zero-order valence-electron chi connectivity index (χ0n) is 18.5. The van der Waals surface area contributed by atoms with E-state index in [1.54, 1.807) is 5.01 Å². The number of nitrogens with one attached hydrogen (secondary N) is 1. The predicted octanol–water partition coefficient (Wildman–Crippen LogP) is 3.67. The van der Waals surface area contributed by atoms with Crippen molar-refractivity contribution < 1.29 is 23.7 Å². The number of para-hydroxylation sites is 2. The molecule has 0 radical (unpaired) electrons. The van der Waals surface area contributed by atoms with Crippen LogP contribution in [0.4, 0.5) is 5.69 Å². The van der Waals surface area contributed by atoms with Gasteiger partial charge in [-0.1, -0.05) is 43.3 Å². The molecule has 1 fully saturated rings. The molecule has 1 saturated heterocycles. The minimum atomic E-state index is -1.71. The van der Waals surface area contributed by atoms with Crippen molar-refractivity contribution in [2.45, 2.75) is 33.0 Å². The van der Waals surface area contributed by atoms with Gasteiger partial charge in [0.1, 0.15) is 24.4 Å². The van der Waals surface area contributed by atoms with E-state index in [1.807, 2.05) is 68.4 Å². The monoisotopic (exact) mass is 437 g/mol. The smallest absolute Gasteiger partial charge is 0.440 e. The Balaban J connectivity index is 1.64. The van der Waals surface area contributed by atoms with Crippen LogP contribution in [0.3, 0.4) is 0 Å². The molecule has 1 aromatic heterocycles. The molecule has 32 heavy (non-hydrogen) atoms. The Morgan fingerprint density at radius 1 is 1.16 bits per heavy atom. The Morgan fingerprint density at radius 2 is 2.00 bits per heavy atom. The second-order valence-corrected chi connectivity index (χ2v) is 7.42. The van der Waals surface area contributed by atoms with Gasteiger partial charge in [-0.05, 0) is 31.5 Å². The summed E-state index contributed by atoms with van der Waals surface area (Å²) in [5, 5.41) is 2.60. The fourth-order valence-corrected chi connectivity index (χ4v) is 3.56. The van der Waals surface area contributed by atoms with Crippen molar-refractivity contribution >= 4 is 22.6 Å². The van der Waals surface area contributed by atoms with Gasteiger partial charge in [0, 0.05) is 23.8 Å². The number of fused-ring (bicyclic) bond motifs is 1. The molecule has 0 spiro atoms. The number of benzene rings is 2. The maximum Gasteiger partial charge on any atom is 0.440 e. The third-order valence-corrected chi connectivity index (χ3v) is 5.08. The van der Waals surface area contributed by atoms with Crippen LogP contribution < -0.4 is 15.2 Å². The maximum absolute atomic E-state index is 12.0. The molecule has 4 rings (SSSR count). The van der Waals surface area contributed by atoms with E-state index in [-0.39, 0.29) is 13.2 Å². The van der Waals surface area contributed by atoms with Crippen LogP contribution in [-0.4, -0.2) is 37.3 Å². The topological polar surface area (TPSA) is 82.2 Å². The number of esters is 1. The number of ether oxygens (including phenoxy) is 4. The van der Waals surface area contributed by atoms with E-state index in [4.69, 9.17) is 18.9 Å². The molecule has 1 N–H and O–H groups in total. The molecule has 2 aromatic carbocycles. The molecule has 0 saturated carbocycles. The largest absolute Gasteiger partial charge is 0.487 e. The Kier molecular flexibility index (Phi) is 6.55. The highest BCUT2D eigenvalue weighted by atomic mass is 16.9. The molecule has 2 heterocycles. The van der Waals surface area contributed by atoms with E-state index in [2.05, 4.69) is 10.4 Å². The number of aromatic nitrogens is 1. The number of aryl methyl sites for hydroxylation is 1. The number of hydrogen-bond donors (Lipinski definition) is 1. The standard InChI is InChI=1S/C24H27N3O5/c1-4-14-31-24(29-3)27(25-15-22(28)32-24)20-10-6-5-8-19(20)16-30-21-11-7-9-18-13-12-17(2)26-23(18)21/h5-13,25H,4,14-16H2,1-3H3. The number of cyclic esters (lactones) is 1. The van der Waals surface area contributed by atoms with Crippen LogP contribution >= 0.6 is 0 Å². The number of hydrogen-bond acceptors (Lipinski definition) is 8. The van der Waals surface area contributed by atoms with Gasteiger partial charge in [-0.3, -0.25) is 9.53 Å². The van der Waals surface area contributed by atoms with Crippen molar-refractivity contribution in [2.24, 2.45) is 0 Å². The first-order valence-electron chi connectivity index (χ1n) is 10.6. The van der Waals surface area contributed by atoms with Crippen molar-refractivity contribution in [1.82, 2.24) is 10.4 Å². The summed E-state index contributed by atoms with van der Waals surface area (Å²) >= 11 is 0. The molecule has 1 aliphatic heterocycles. The SMILES string of the molecule is CCCOC1(OC)OC(=O)CNN1c1ccccc1COc1cccc2ccc(C)nc12. The molecule has 1 atom stereocenters. The lowest BCUT2D eigenvalue weighted by Crippen LogP contribution is -2.66. The normalized spacial score (nSPS) is 18.6. The molecule has 0 amide bonds. The molecule has 3 aromatic rings. The van der Waals surface area contributed by atoms with E-state index in [0.29, 0.717) is 18.0 Å². The minimum Gasteiger partial charge on any atom is -0.487 e. The van der Waals surface area contributed by atoms with Crippen LogP contribution in [-0.2, 0) is 25.6 Å². The third-order valence-electron chi connectivity index (χ3n) is 5.08. The van der Waals surface area contributed by atoms with Gasteiger partial charge in [-0.25, -0.2) is 15.4 Å². The molecule has 8 nitrogen and oxygen atoms in total. The van der Waals surface area contributed by atoms with Gasteiger partial charge in [-0.15, -0.1) is 0 Å². The number of carbonyl (C=O) groups is 1. The second-order valence-electron chi connectivity index (χ2n) is 7.42. The van der Waals surface area contributed by atoms with E-state index in [9.17, 15) is 4.79 Å². The molecule has 1 aliphatic rings. The summed E-state index contributed by atoms with van der Waals surface area (Å²) in [7, 11) is 1.44. The Labute approximate surface area is 187 Å². The molecular formula is C24H27N3O5. The second kappa shape index (κ2) is 9.52. The summed E-state index contributed by atoms with van der Waals surface area (Å²) in [5.41, 5.74) is 6.35. The van der Waals surface area contributed by atoms with E-state index in [1.165, 1.54) is 7.11 Å². The molecule has 0 bridgehead atoms. The van der Waals surface area contributed by atoms with Crippen LogP contribution in [0.2, 0.25) is 0 Å². The van der Waals surface area contributed by atoms with Crippen molar-refractivity contribution in [2.75, 3.05) is 25.3 Å². The van der Waals surface area contributed by atoms with Gasteiger partial charge >= 0.3 is 12.1 Å². The summed E-state index contributed by atoms with van der Waals surface area (Å²) in [6, 6.07) is 17.5. The quantitative estimate of drug-likeness (QED) is 0.422. The van der Waals surface area contributed by atoms with E-state index >= 15 is 0 Å². The van der Waals surface area contributed by atoms with Crippen LogP contribution in [0.25, 0.3) is 10.9 Å². The Bertz CT molecular complexity index is 1110. The van der Waals surface area contributed by atoms with Gasteiger partial charge < -0.3 is 14.2 Å². The van der Waals surface area contributed by atoms with Crippen LogP contribution in [0.5, 0.6) is 5.75 Å². The van der Waals surface area contributed by atoms with E-state index in [0.717, 1.165) is 28.6 Å². The van der Waals surface area contributed by atoms with Crippen LogP contribution in [0.15, 0.2) is 54.6 Å². The first-order chi connectivity index (χ1) is 15.6. The number of pyridine rings is 1. The highest BCUT2D eigenvalue weighted by Gasteiger charge is 2.48. The molecule has 1 unspecified atom stereocenters. The molecule has 8 heteroatoms. The van der Waals surface area contributed by atoms with Gasteiger partial charge in [-0.2, -0.15) is 0 Å². The summed E-state index contributed by atoms with van der Waals surface area (Å²) in [5.74, 6) is 0.226. The van der Waals surface area contributed by atoms with Crippen molar-refractivity contribution in [3.8, 4) is 5.75 Å². The van der Waals surface area contributed by atoms with Gasteiger partial charge in [0.05, 0.1) is 12.3 Å². The number of carbonyl (C=O) groups excluding carboxylic acids is 1. The fraction of sp³-hybridized carbons (Fsp3) is 0.333. The maximum atomic E-state index is 12.0. The number of rotatable bonds is 8. The van der Waals surface area contributed by atoms with Crippen molar-refractivity contribution in [3.63, 3.8) is 0 Å². The summed E-state index contributed by atoms with van der Waals surface area (Å²) in [6.45, 7) is 4.52. The first-order valence-corrected chi connectivity index (χ1v) is 10.6. The van der Waals surface area contributed by atoms with Gasteiger partial charge in [0.2, 0.25) is 0 Å². The molecule has 168 valence electrons. The first kappa shape index (κ1) is 22.0. The zero-order chi connectivity index (χ0) is 22.6. The zero-order valence-corrected chi connectivity index (χ0v) is 18.5. The van der Waals surface area contributed by atoms with Crippen LogP contribution in [0, 0.1) is 6.92 Å². The summed E-state index contributed by atoms with van der Waals surface area (Å²) < 4.78 is 23.1. The molecular weight excluding hydrogens is 410 g/mol. The number of hydrazine groups is 1. The van der Waals surface area contributed by atoms with Crippen molar-refractivity contribution in [1.29, 1.82) is 0 Å². The minimum absolute atomic E-state index is 0.0116. The lowest BCUT2D eigenvalue weighted by Gasteiger charge is -2.44. The average Bonchev–Trinajstić information content (AvgIpc) is 2.81. The number of nitrogens with zero attached hydrogens (tertiary/aromatic N) is 2. The average molecular weight is 437 g/mol. The van der Waals surface area contributed by atoms with Gasteiger partial charge in [0.25, 0.3) is 0 Å². The van der Waals surface area contributed by atoms with Gasteiger partial charge in [0.15, 0.2) is 0 Å². The lowest BCUT2D eigenvalue weighted by atomic mass is 10.1. The molecule has 0 aliphatic carbocycles. The number of anilines is 1.